The first kappa shape index (κ1) is 11.9. The highest BCUT2D eigenvalue weighted by Crippen LogP contribution is 2.39. The van der Waals surface area contributed by atoms with Crippen molar-refractivity contribution in [1.29, 1.82) is 5.26 Å². The molecule has 3 rings (SSSR count). The van der Waals surface area contributed by atoms with Gasteiger partial charge < -0.3 is 0 Å². The maximum absolute atomic E-state index is 12.5. The Hall–Kier alpha value is -2.15. The number of fused-ring (bicyclic) bond motifs is 1. The normalized spacial score (nSPS) is 19.3. The van der Waals surface area contributed by atoms with Gasteiger partial charge >= 0.3 is 0 Å². The van der Waals surface area contributed by atoms with Crippen LogP contribution in [0, 0.1) is 31.1 Å². The fourth-order valence-electron chi connectivity index (χ4n) is 2.73. The lowest BCUT2D eigenvalue weighted by Crippen LogP contribution is -2.40. The minimum atomic E-state index is -0.605. The number of carbonyl (C=O) groups excluding carboxylic acids is 2. The second-order valence-corrected chi connectivity index (χ2v) is 5.34. The lowest BCUT2D eigenvalue weighted by molar-refractivity contribution is 0.0605. The SMILES string of the molecule is Cc1ccc(C)c2c1C(=O)N(C(C#N)C1CC1)C2=O. The summed E-state index contributed by atoms with van der Waals surface area (Å²) in [4.78, 5) is 26.1. The van der Waals surface area contributed by atoms with Crippen LogP contribution in [-0.4, -0.2) is 22.8 Å². The molecule has 1 fully saturated rings. The second-order valence-electron chi connectivity index (χ2n) is 5.34. The van der Waals surface area contributed by atoms with Crippen molar-refractivity contribution in [3.63, 3.8) is 0 Å². The average molecular weight is 254 g/mol. The van der Waals surface area contributed by atoms with Crippen LogP contribution in [0.4, 0.5) is 0 Å². The molecule has 0 radical (unpaired) electrons. The van der Waals surface area contributed by atoms with Crippen molar-refractivity contribution >= 4 is 11.8 Å². The zero-order chi connectivity index (χ0) is 13.7. The summed E-state index contributed by atoms with van der Waals surface area (Å²) < 4.78 is 0. The Morgan fingerprint density at radius 2 is 1.63 bits per heavy atom. The molecule has 1 aromatic rings. The van der Waals surface area contributed by atoms with E-state index >= 15 is 0 Å². The van der Waals surface area contributed by atoms with Crippen molar-refractivity contribution in [3.8, 4) is 6.07 Å². The van der Waals surface area contributed by atoms with Crippen LogP contribution in [-0.2, 0) is 0 Å². The summed E-state index contributed by atoms with van der Waals surface area (Å²) >= 11 is 0. The van der Waals surface area contributed by atoms with Crippen molar-refractivity contribution in [2.24, 2.45) is 5.92 Å². The Bertz CT molecular complexity index is 597. The van der Waals surface area contributed by atoms with E-state index in [2.05, 4.69) is 6.07 Å². The quantitative estimate of drug-likeness (QED) is 0.760. The molecule has 1 aromatic carbocycles. The summed E-state index contributed by atoms with van der Waals surface area (Å²) in [6.45, 7) is 3.65. The van der Waals surface area contributed by atoms with Gasteiger partial charge in [0, 0.05) is 0 Å². The third-order valence-electron chi connectivity index (χ3n) is 3.97. The molecule has 0 bridgehead atoms. The van der Waals surface area contributed by atoms with Gasteiger partial charge in [-0.1, -0.05) is 12.1 Å². The molecule has 1 aliphatic carbocycles. The van der Waals surface area contributed by atoms with E-state index < -0.39 is 6.04 Å². The number of rotatable bonds is 2. The van der Waals surface area contributed by atoms with E-state index in [4.69, 9.17) is 0 Å². The number of imide groups is 1. The topological polar surface area (TPSA) is 61.2 Å². The Kier molecular flexibility index (Phi) is 2.46. The van der Waals surface area contributed by atoms with Gasteiger partial charge in [0.15, 0.2) is 0 Å². The first-order valence-corrected chi connectivity index (χ1v) is 6.44. The highest BCUT2D eigenvalue weighted by molar-refractivity contribution is 6.23. The Morgan fingerprint density at radius 3 is 2.00 bits per heavy atom. The number of aryl methyl sites for hydroxylation is 2. The zero-order valence-electron chi connectivity index (χ0n) is 10.9. The molecular formula is C15H14N2O2. The van der Waals surface area contributed by atoms with Crippen LogP contribution in [0.2, 0.25) is 0 Å². The van der Waals surface area contributed by atoms with E-state index in [-0.39, 0.29) is 17.7 Å². The van der Waals surface area contributed by atoms with Crippen molar-refractivity contribution in [3.05, 3.63) is 34.4 Å². The van der Waals surface area contributed by atoms with E-state index in [1.807, 2.05) is 26.0 Å². The molecule has 19 heavy (non-hydrogen) atoms. The zero-order valence-corrected chi connectivity index (χ0v) is 10.9. The van der Waals surface area contributed by atoms with E-state index in [1.54, 1.807) is 0 Å². The maximum atomic E-state index is 12.5. The van der Waals surface area contributed by atoms with Gasteiger partial charge in [0.05, 0.1) is 17.2 Å². The molecule has 1 saturated carbocycles. The maximum Gasteiger partial charge on any atom is 0.262 e. The molecule has 4 nitrogen and oxygen atoms in total. The Balaban J connectivity index is 2.12. The molecule has 1 aliphatic heterocycles. The van der Waals surface area contributed by atoms with Crippen LogP contribution in [0.15, 0.2) is 12.1 Å². The van der Waals surface area contributed by atoms with Crippen LogP contribution in [0.25, 0.3) is 0 Å². The third kappa shape index (κ3) is 1.58. The van der Waals surface area contributed by atoms with E-state index in [0.717, 1.165) is 24.0 Å². The first-order valence-electron chi connectivity index (χ1n) is 6.44. The highest BCUT2D eigenvalue weighted by atomic mass is 16.2. The van der Waals surface area contributed by atoms with Crippen LogP contribution < -0.4 is 0 Å². The third-order valence-corrected chi connectivity index (χ3v) is 3.97. The predicted molar refractivity (Wildman–Crippen MR) is 68.5 cm³/mol. The van der Waals surface area contributed by atoms with Crippen LogP contribution in [0.5, 0.6) is 0 Å². The molecule has 96 valence electrons. The number of amides is 2. The van der Waals surface area contributed by atoms with Crippen LogP contribution in [0.3, 0.4) is 0 Å². The molecule has 4 heteroatoms. The standard InChI is InChI=1S/C15H14N2O2/c1-8-3-4-9(2)13-12(8)14(18)17(15(13)19)11(7-16)10-5-6-10/h3-4,10-11H,5-6H2,1-2H3. The van der Waals surface area contributed by atoms with Crippen molar-refractivity contribution in [2.45, 2.75) is 32.7 Å². The molecular weight excluding hydrogens is 240 g/mol. The fourth-order valence-corrected chi connectivity index (χ4v) is 2.73. The second kappa shape index (κ2) is 3.92. The number of nitrogens with zero attached hydrogens (tertiary/aromatic N) is 2. The lowest BCUT2D eigenvalue weighted by atomic mass is 9.99. The summed E-state index contributed by atoms with van der Waals surface area (Å²) in [5.74, 6) is -0.452. The number of carbonyl (C=O) groups is 2. The van der Waals surface area contributed by atoms with Gasteiger partial charge in [-0.2, -0.15) is 5.26 Å². The fraction of sp³-hybridized carbons (Fsp3) is 0.400. The summed E-state index contributed by atoms with van der Waals surface area (Å²) in [6, 6.07) is 5.22. The van der Waals surface area contributed by atoms with Crippen molar-refractivity contribution < 1.29 is 9.59 Å². The number of nitriles is 1. The molecule has 2 amide bonds. The molecule has 1 heterocycles. The minimum Gasteiger partial charge on any atom is -0.269 e. The molecule has 0 spiro atoms. The molecule has 0 N–H and O–H groups in total. The number of benzene rings is 1. The first-order chi connectivity index (χ1) is 9.06. The van der Waals surface area contributed by atoms with Gasteiger partial charge in [-0.15, -0.1) is 0 Å². The number of hydrogen-bond acceptors (Lipinski definition) is 3. The van der Waals surface area contributed by atoms with Gasteiger partial charge in [-0.25, -0.2) is 0 Å². The Morgan fingerprint density at radius 1 is 1.16 bits per heavy atom. The molecule has 0 saturated heterocycles. The smallest absolute Gasteiger partial charge is 0.262 e. The molecule has 0 aromatic heterocycles. The van der Waals surface area contributed by atoms with E-state index in [9.17, 15) is 14.9 Å². The largest absolute Gasteiger partial charge is 0.269 e. The molecule has 1 atom stereocenters. The number of hydrogen-bond donors (Lipinski definition) is 0. The summed E-state index contributed by atoms with van der Waals surface area (Å²) in [5, 5.41) is 9.25. The summed E-state index contributed by atoms with van der Waals surface area (Å²) in [6.07, 6.45) is 1.84. The minimum absolute atomic E-state index is 0.160. The Labute approximate surface area is 111 Å². The van der Waals surface area contributed by atoms with Gasteiger partial charge in [0.25, 0.3) is 11.8 Å². The van der Waals surface area contributed by atoms with Crippen molar-refractivity contribution in [1.82, 2.24) is 4.90 Å². The highest BCUT2D eigenvalue weighted by Gasteiger charge is 2.47. The molecule has 1 unspecified atom stereocenters. The van der Waals surface area contributed by atoms with Gasteiger partial charge in [0.2, 0.25) is 0 Å². The summed E-state index contributed by atoms with van der Waals surface area (Å²) in [7, 11) is 0. The van der Waals surface area contributed by atoms with Gasteiger partial charge in [0.1, 0.15) is 6.04 Å². The van der Waals surface area contributed by atoms with Crippen LogP contribution in [0.1, 0.15) is 44.7 Å². The van der Waals surface area contributed by atoms with Gasteiger partial charge in [-0.3, -0.25) is 14.5 Å². The van der Waals surface area contributed by atoms with Crippen LogP contribution >= 0.6 is 0 Å². The van der Waals surface area contributed by atoms with Gasteiger partial charge in [-0.05, 0) is 43.7 Å². The van der Waals surface area contributed by atoms with E-state index in [0.29, 0.717) is 11.1 Å². The average Bonchev–Trinajstić information content (AvgIpc) is 3.17. The molecule has 2 aliphatic rings. The van der Waals surface area contributed by atoms with E-state index in [1.165, 1.54) is 4.90 Å². The predicted octanol–water partition coefficient (Wildman–Crippen LogP) is 2.20. The summed E-state index contributed by atoms with van der Waals surface area (Å²) in [5.41, 5.74) is 2.56. The van der Waals surface area contributed by atoms with Crippen molar-refractivity contribution in [2.75, 3.05) is 0 Å². The monoisotopic (exact) mass is 254 g/mol. The lowest BCUT2D eigenvalue weighted by Gasteiger charge is -2.19.